The minimum atomic E-state index is -1.50. The lowest BCUT2D eigenvalue weighted by Gasteiger charge is -2.60. The highest BCUT2D eigenvalue weighted by Crippen LogP contribution is 2.66. The van der Waals surface area contributed by atoms with E-state index in [-0.39, 0.29) is 17.1 Å². The van der Waals surface area contributed by atoms with Crippen LogP contribution in [-0.4, -0.2) is 58.1 Å². The number of aliphatic hydroxyl groups is 2. The topological polar surface area (TPSA) is 127 Å². The molecule has 176 valence electrons. The molecule has 4 aliphatic carbocycles. The quantitative estimate of drug-likeness (QED) is 0.609. The van der Waals surface area contributed by atoms with Crippen molar-refractivity contribution in [1.82, 2.24) is 0 Å². The molecule has 1 spiro atoms. The molecule has 0 bridgehead atoms. The maximum absolute atomic E-state index is 13.6. The maximum atomic E-state index is 13.6. The van der Waals surface area contributed by atoms with Crippen molar-refractivity contribution in [3.63, 3.8) is 0 Å². The summed E-state index contributed by atoms with van der Waals surface area (Å²) in [6.45, 7) is 9.89. The Morgan fingerprint density at radius 2 is 1.59 bits per heavy atom. The molecule has 0 aromatic heterocycles. The molecule has 4 rings (SSSR count). The Morgan fingerprint density at radius 1 is 1.03 bits per heavy atom. The van der Waals surface area contributed by atoms with E-state index in [1.165, 1.54) is 13.8 Å². The average Bonchev–Trinajstić information content (AvgIpc) is 3.34. The third-order valence-electron chi connectivity index (χ3n) is 8.64. The molecule has 8 unspecified atom stereocenters. The first-order valence-electron chi connectivity index (χ1n) is 11.3. The summed E-state index contributed by atoms with van der Waals surface area (Å²) in [6.07, 6.45) is -3.40. The Hall–Kier alpha value is -2.06. The highest BCUT2D eigenvalue weighted by molar-refractivity contribution is 6.19. The number of esters is 2. The summed E-state index contributed by atoms with van der Waals surface area (Å²) in [5.41, 5.74) is -2.83. The highest BCUT2D eigenvalue weighted by Gasteiger charge is 2.72. The molecule has 0 saturated heterocycles. The fourth-order valence-electron chi connectivity index (χ4n) is 7.14. The number of hydrogen-bond donors (Lipinski definition) is 2. The third kappa shape index (κ3) is 2.81. The van der Waals surface area contributed by atoms with Crippen molar-refractivity contribution in [2.24, 2.45) is 28.1 Å². The van der Waals surface area contributed by atoms with E-state index in [1.54, 1.807) is 6.92 Å². The van der Waals surface area contributed by atoms with Crippen LogP contribution in [0.4, 0.5) is 0 Å². The number of carbonyl (C=O) groups is 4. The van der Waals surface area contributed by atoms with Gasteiger partial charge in [0.25, 0.3) is 0 Å². The van der Waals surface area contributed by atoms with Crippen LogP contribution in [0, 0.1) is 28.1 Å². The zero-order valence-electron chi connectivity index (χ0n) is 19.4. The van der Waals surface area contributed by atoms with E-state index in [2.05, 4.69) is 0 Å². The molecule has 0 aromatic carbocycles. The van der Waals surface area contributed by atoms with Gasteiger partial charge in [-0.15, -0.1) is 0 Å². The van der Waals surface area contributed by atoms with Gasteiger partial charge in [-0.2, -0.15) is 0 Å². The van der Waals surface area contributed by atoms with Crippen LogP contribution in [0.1, 0.15) is 60.8 Å². The summed E-state index contributed by atoms with van der Waals surface area (Å²) in [4.78, 5) is 50.9. The van der Waals surface area contributed by atoms with E-state index in [9.17, 15) is 29.4 Å². The lowest BCUT2D eigenvalue weighted by atomic mass is 9.45. The molecule has 8 atom stereocenters. The molecule has 4 aliphatic rings. The van der Waals surface area contributed by atoms with Gasteiger partial charge in [-0.1, -0.05) is 27.7 Å². The zero-order chi connectivity index (χ0) is 24.0. The van der Waals surface area contributed by atoms with Gasteiger partial charge in [-0.05, 0) is 25.2 Å². The van der Waals surface area contributed by atoms with Gasteiger partial charge in [0, 0.05) is 41.7 Å². The van der Waals surface area contributed by atoms with Gasteiger partial charge in [-0.25, -0.2) is 0 Å². The van der Waals surface area contributed by atoms with Crippen molar-refractivity contribution in [2.75, 3.05) is 0 Å². The minimum Gasteiger partial charge on any atom is -0.462 e. The largest absolute Gasteiger partial charge is 0.462 e. The molecule has 0 heterocycles. The molecule has 0 amide bonds. The van der Waals surface area contributed by atoms with Crippen molar-refractivity contribution < 1.29 is 38.9 Å². The normalized spacial score (nSPS) is 44.6. The SMILES string of the molecule is CC(=O)OC1C(O)C2=C(C(=O)C(O)C3(CC3C)C2=O)C2(C)CCC(OC(C)=O)C(C)(C)C12. The zero-order valence-corrected chi connectivity index (χ0v) is 19.4. The monoisotopic (exact) mass is 448 g/mol. The first-order chi connectivity index (χ1) is 14.7. The number of carbonyl (C=O) groups excluding carboxylic acids is 4. The number of rotatable bonds is 2. The van der Waals surface area contributed by atoms with Gasteiger partial charge in [0.15, 0.2) is 11.6 Å². The van der Waals surface area contributed by atoms with Crippen LogP contribution >= 0.6 is 0 Å². The molecule has 0 aliphatic heterocycles. The van der Waals surface area contributed by atoms with Crippen molar-refractivity contribution in [3.05, 3.63) is 11.1 Å². The predicted molar refractivity (Wildman–Crippen MR) is 111 cm³/mol. The Kier molecular flexibility index (Phi) is 5.03. The van der Waals surface area contributed by atoms with E-state index in [0.29, 0.717) is 19.3 Å². The van der Waals surface area contributed by atoms with Crippen LogP contribution in [0.3, 0.4) is 0 Å². The first-order valence-corrected chi connectivity index (χ1v) is 11.3. The Bertz CT molecular complexity index is 948. The molecular formula is C24H32O8. The van der Waals surface area contributed by atoms with Crippen molar-refractivity contribution in [2.45, 2.75) is 85.2 Å². The third-order valence-corrected chi connectivity index (χ3v) is 8.64. The summed E-state index contributed by atoms with van der Waals surface area (Å²) in [7, 11) is 0. The second kappa shape index (κ2) is 6.97. The van der Waals surface area contributed by atoms with E-state index < -0.39 is 70.1 Å². The van der Waals surface area contributed by atoms with Crippen LogP contribution in [0.5, 0.6) is 0 Å². The number of fused-ring (bicyclic) bond motifs is 2. The molecule has 32 heavy (non-hydrogen) atoms. The molecule has 2 N–H and O–H groups in total. The number of hydrogen-bond acceptors (Lipinski definition) is 8. The van der Waals surface area contributed by atoms with E-state index in [0.717, 1.165) is 0 Å². The van der Waals surface area contributed by atoms with Gasteiger partial charge in [0.05, 0.1) is 5.41 Å². The Morgan fingerprint density at radius 3 is 2.09 bits per heavy atom. The molecule has 2 fully saturated rings. The maximum Gasteiger partial charge on any atom is 0.303 e. The summed E-state index contributed by atoms with van der Waals surface area (Å²) < 4.78 is 11.2. The lowest BCUT2D eigenvalue weighted by Crippen LogP contribution is -2.66. The summed E-state index contributed by atoms with van der Waals surface area (Å²) in [5, 5.41) is 22.3. The molecule has 8 heteroatoms. The lowest BCUT2D eigenvalue weighted by molar-refractivity contribution is -0.200. The van der Waals surface area contributed by atoms with Crippen molar-refractivity contribution >= 4 is 23.5 Å². The van der Waals surface area contributed by atoms with Gasteiger partial charge in [-0.3, -0.25) is 19.2 Å². The Labute approximate surface area is 187 Å². The second-order valence-corrected chi connectivity index (χ2v) is 10.9. The van der Waals surface area contributed by atoms with Crippen LogP contribution in [0.15, 0.2) is 11.1 Å². The minimum absolute atomic E-state index is 0.0172. The van der Waals surface area contributed by atoms with Gasteiger partial charge in [0.2, 0.25) is 0 Å². The van der Waals surface area contributed by atoms with E-state index in [4.69, 9.17) is 9.47 Å². The summed E-state index contributed by atoms with van der Waals surface area (Å²) in [6, 6.07) is 0. The van der Waals surface area contributed by atoms with Gasteiger partial charge < -0.3 is 19.7 Å². The molecule has 0 radical (unpaired) electrons. The summed E-state index contributed by atoms with van der Waals surface area (Å²) in [5.74, 6) is -2.81. The van der Waals surface area contributed by atoms with Crippen LogP contribution < -0.4 is 0 Å². The smallest absolute Gasteiger partial charge is 0.303 e. The van der Waals surface area contributed by atoms with E-state index >= 15 is 0 Å². The number of ketones is 2. The van der Waals surface area contributed by atoms with E-state index in [1.807, 2.05) is 20.8 Å². The highest BCUT2D eigenvalue weighted by atomic mass is 16.6. The number of ether oxygens (including phenoxy) is 2. The molecule has 8 nitrogen and oxygen atoms in total. The fraction of sp³-hybridized carbons (Fsp3) is 0.750. The van der Waals surface area contributed by atoms with Crippen molar-refractivity contribution in [3.8, 4) is 0 Å². The predicted octanol–water partition coefficient (Wildman–Crippen LogP) is 1.50. The molecule has 0 aromatic rings. The van der Waals surface area contributed by atoms with Gasteiger partial charge in [0.1, 0.15) is 24.4 Å². The average molecular weight is 449 g/mol. The first kappa shape index (κ1) is 23.1. The standard InChI is InChI=1S/C24H32O8/c1-10-9-24(10)20(29)14-15(17(28)21(24)30)23(6)8-7-13(31-11(2)25)22(4,5)19(23)18(16(14)27)32-12(3)26/h10,13,16,18-19,21,27,30H,7-9H2,1-6H3. The molecular weight excluding hydrogens is 416 g/mol. The van der Waals surface area contributed by atoms with Crippen LogP contribution in [-0.2, 0) is 28.7 Å². The van der Waals surface area contributed by atoms with Crippen molar-refractivity contribution in [1.29, 1.82) is 0 Å². The number of Topliss-reactive ketones (excluding diaryl/α,β-unsaturated/α-hetero) is 2. The second-order valence-electron chi connectivity index (χ2n) is 10.9. The summed E-state index contributed by atoms with van der Waals surface area (Å²) >= 11 is 0. The van der Waals surface area contributed by atoms with Crippen LogP contribution in [0.2, 0.25) is 0 Å². The van der Waals surface area contributed by atoms with Crippen LogP contribution in [0.25, 0.3) is 0 Å². The molecule has 2 saturated carbocycles. The van der Waals surface area contributed by atoms with Gasteiger partial charge >= 0.3 is 11.9 Å². The Balaban J connectivity index is 1.92. The fourth-order valence-corrected chi connectivity index (χ4v) is 7.14. The number of aliphatic hydroxyl groups excluding tert-OH is 2.